The number of Topliss-reactive ketones (excluding diaryl/α,β-unsaturated/α-hetero) is 1. The van der Waals surface area contributed by atoms with Crippen LogP contribution in [0.5, 0.6) is 5.75 Å². The average molecular weight is 268 g/mol. The molecule has 0 spiro atoms. The van der Waals surface area contributed by atoms with Crippen LogP contribution >= 0.6 is 0 Å². The highest BCUT2D eigenvalue weighted by atomic mass is 16.6. The summed E-state index contributed by atoms with van der Waals surface area (Å²) >= 11 is 0. The minimum Gasteiger partial charge on any atom is -0.481 e. The number of carbonyl (C=O) groups excluding carboxylic acids is 1. The first-order chi connectivity index (χ1) is 9.66. The number of ketones is 1. The first-order valence-corrected chi connectivity index (χ1v) is 6.57. The molecule has 3 rings (SSSR count). The first kappa shape index (κ1) is 12.9. The molecule has 0 amide bonds. The smallest absolute Gasteiger partial charge is 0.202 e. The quantitative estimate of drug-likeness (QED) is 0.837. The second-order valence-electron chi connectivity index (χ2n) is 5.05. The lowest BCUT2D eigenvalue weighted by molar-refractivity contribution is -0.0635. The number of hydrogen-bond acceptors (Lipinski definition) is 3. The SMILES string of the molecule is COC1(C)C(=O)c2ccccc2OC1c1ccccc1. The summed E-state index contributed by atoms with van der Waals surface area (Å²) < 4.78 is 11.6. The molecule has 0 fully saturated rings. The Kier molecular flexibility index (Phi) is 3.07. The van der Waals surface area contributed by atoms with E-state index in [-0.39, 0.29) is 5.78 Å². The van der Waals surface area contributed by atoms with E-state index in [9.17, 15) is 4.79 Å². The normalized spacial score (nSPS) is 24.9. The Morgan fingerprint density at radius 2 is 1.70 bits per heavy atom. The van der Waals surface area contributed by atoms with Gasteiger partial charge in [-0.2, -0.15) is 0 Å². The van der Waals surface area contributed by atoms with Gasteiger partial charge in [-0.3, -0.25) is 4.79 Å². The summed E-state index contributed by atoms with van der Waals surface area (Å²) in [5.41, 5.74) is 0.485. The molecule has 0 saturated heterocycles. The minimum absolute atomic E-state index is 0.0456. The molecule has 1 aliphatic rings. The van der Waals surface area contributed by atoms with Gasteiger partial charge >= 0.3 is 0 Å². The second kappa shape index (κ2) is 4.76. The third kappa shape index (κ3) is 1.82. The molecule has 20 heavy (non-hydrogen) atoms. The molecular weight excluding hydrogens is 252 g/mol. The van der Waals surface area contributed by atoms with Crippen LogP contribution < -0.4 is 4.74 Å². The van der Waals surface area contributed by atoms with E-state index in [1.165, 1.54) is 0 Å². The monoisotopic (exact) mass is 268 g/mol. The zero-order valence-electron chi connectivity index (χ0n) is 11.5. The number of rotatable bonds is 2. The predicted molar refractivity (Wildman–Crippen MR) is 76.0 cm³/mol. The van der Waals surface area contributed by atoms with Crippen molar-refractivity contribution in [2.75, 3.05) is 7.11 Å². The molecule has 2 unspecified atom stereocenters. The lowest BCUT2D eigenvalue weighted by atomic mass is 9.83. The highest BCUT2D eigenvalue weighted by molar-refractivity contribution is 6.06. The van der Waals surface area contributed by atoms with Gasteiger partial charge in [0, 0.05) is 7.11 Å². The van der Waals surface area contributed by atoms with Crippen molar-refractivity contribution in [3.8, 4) is 5.75 Å². The van der Waals surface area contributed by atoms with Gasteiger partial charge in [-0.25, -0.2) is 0 Å². The molecule has 3 nitrogen and oxygen atoms in total. The molecule has 0 N–H and O–H groups in total. The zero-order valence-corrected chi connectivity index (χ0v) is 11.5. The Bertz CT molecular complexity index is 636. The fourth-order valence-electron chi connectivity index (χ4n) is 2.60. The minimum atomic E-state index is -1.02. The molecule has 1 heterocycles. The number of ether oxygens (including phenoxy) is 2. The van der Waals surface area contributed by atoms with Gasteiger partial charge in [0.15, 0.2) is 11.7 Å². The number of methoxy groups -OCH3 is 1. The molecule has 3 heteroatoms. The van der Waals surface area contributed by atoms with Crippen LogP contribution in [0.1, 0.15) is 28.9 Å². The van der Waals surface area contributed by atoms with Crippen LogP contribution in [0.25, 0.3) is 0 Å². The van der Waals surface area contributed by atoms with Crippen LogP contribution in [0.2, 0.25) is 0 Å². The van der Waals surface area contributed by atoms with Crippen molar-refractivity contribution in [1.82, 2.24) is 0 Å². The fraction of sp³-hybridized carbons (Fsp3) is 0.235. The van der Waals surface area contributed by atoms with Crippen molar-refractivity contribution in [2.24, 2.45) is 0 Å². The predicted octanol–water partition coefficient (Wildman–Crippen LogP) is 3.41. The molecule has 2 atom stereocenters. The summed E-state index contributed by atoms with van der Waals surface area (Å²) in [6.07, 6.45) is -0.448. The van der Waals surface area contributed by atoms with Crippen molar-refractivity contribution >= 4 is 5.78 Å². The van der Waals surface area contributed by atoms with Crippen LogP contribution in [-0.2, 0) is 4.74 Å². The maximum Gasteiger partial charge on any atom is 0.202 e. The van der Waals surface area contributed by atoms with Crippen LogP contribution in [0.3, 0.4) is 0 Å². The molecule has 102 valence electrons. The fourth-order valence-corrected chi connectivity index (χ4v) is 2.60. The van der Waals surface area contributed by atoms with E-state index in [1.54, 1.807) is 20.1 Å². The maximum atomic E-state index is 12.7. The maximum absolute atomic E-state index is 12.7. The van der Waals surface area contributed by atoms with E-state index in [0.29, 0.717) is 11.3 Å². The van der Waals surface area contributed by atoms with Crippen molar-refractivity contribution in [1.29, 1.82) is 0 Å². The number of carbonyl (C=O) groups is 1. The summed E-state index contributed by atoms with van der Waals surface area (Å²) in [7, 11) is 1.55. The van der Waals surface area contributed by atoms with Crippen molar-refractivity contribution < 1.29 is 14.3 Å². The van der Waals surface area contributed by atoms with Gasteiger partial charge in [-0.1, -0.05) is 42.5 Å². The van der Waals surface area contributed by atoms with Crippen molar-refractivity contribution in [3.05, 3.63) is 65.7 Å². The van der Waals surface area contributed by atoms with Crippen LogP contribution in [0, 0.1) is 0 Å². The Morgan fingerprint density at radius 1 is 1.05 bits per heavy atom. The number of para-hydroxylation sites is 1. The molecule has 0 saturated carbocycles. The number of fused-ring (bicyclic) bond motifs is 1. The van der Waals surface area contributed by atoms with Gasteiger partial charge in [0.1, 0.15) is 5.75 Å². The first-order valence-electron chi connectivity index (χ1n) is 6.57. The summed E-state index contributed by atoms with van der Waals surface area (Å²) in [4.78, 5) is 12.7. The summed E-state index contributed by atoms with van der Waals surface area (Å²) in [6.45, 7) is 1.78. The van der Waals surface area contributed by atoms with Gasteiger partial charge < -0.3 is 9.47 Å². The van der Waals surface area contributed by atoms with Gasteiger partial charge in [0.05, 0.1) is 5.56 Å². The standard InChI is InChI=1S/C17H16O3/c1-17(19-2)15(18)13-10-6-7-11-14(13)20-16(17)12-8-4-3-5-9-12/h3-11,16H,1-2H3. The highest BCUT2D eigenvalue weighted by Gasteiger charge is 2.48. The highest BCUT2D eigenvalue weighted by Crippen LogP contribution is 2.42. The molecule has 1 aliphatic heterocycles. The van der Waals surface area contributed by atoms with E-state index in [0.717, 1.165) is 5.56 Å². The molecule has 2 aromatic rings. The summed E-state index contributed by atoms with van der Waals surface area (Å²) in [6, 6.07) is 17.0. The zero-order chi connectivity index (χ0) is 14.2. The molecule has 0 aromatic heterocycles. The lowest BCUT2D eigenvalue weighted by Crippen LogP contribution is -2.48. The third-order valence-corrected chi connectivity index (χ3v) is 3.85. The van der Waals surface area contributed by atoms with E-state index < -0.39 is 11.7 Å². The molecule has 0 aliphatic carbocycles. The van der Waals surface area contributed by atoms with Crippen LogP contribution in [0.15, 0.2) is 54.6 Å². The second-order valence-corrected chi connectivity index (χ2v) is 5.05. The average Bonchev–Trinajstić information content (AvgIpc) is 2.52. The molecule has 0 radical (unpaired) electrons. The number of hydrogen-bond donors (Lipinski definition) is 0. The largest absolute Gasteiger partial charge is 0.481 e. The van der Waals surface area contributed by atoms with E-state index in [1.807, 2.05) is 48.5 Å². The lowest BCUT2D eigenvalue weighted by Gasteiger charge is -2.39. The van der Waals surface area contributed by atoms with Crippen LogP contribution in [-0.4, -0.2) is 18.5 Å². The van der Waals surface area contributed by atoms with Crippen molar-refractivity contribution in [2.45, 2.75) is 18.6 Å². The summed E-state index contributed by atoms with van der Waals surface area (Å²) in [5, 5.41) is 0. The Balaban J connectivity index is 2.14. The summed E-state index contributed by atoms with van der Waals surface area (Å²) in [5.74, 6) is 0.566. The topological polar surface area (TPSA) is 35.5 Å². The van der Waals surface area contributed by atoms with Gasteiger partial charge in [0.25, 0.3) is 0 Å². The Labute approximate surface area is 118 Å². The van der Waals surface area contributed by atoms with Crippen molar-refractivity contribution in [3.63, 3.8) is 0 Å². The Hall–Kier alpha value is -2.13. The van der Waals surface area contributed by atoms with Gasteiger partial charge in [0.2, 0.25) is 5.78 Å². The Morgan fingerprint density at radius 3 is 2.40 bits per heavy atom. The van der Waals surface area contributed by atoms with E-state index in [4.69, 9.17) is 9.47 Å². The molecule has 2 aromatic carbocycles. The number of benzene rings is 2. The third-order valence-electron chi connectivity index (χ3n) is 3.85. The molecular formula is C17H16O3. The van der Waals surface area contributed by atoms with Gasteiger partial charge in [-0.05, 0) is 24.6 Å². The van der Waals surface area contributed by atoms with E-state index >= 15 is 0 Å². The molecule has 0 bridgehead atoms. The van der Waals surface area contributed by atoms with Crippen LogP contribution in [0.4, 0.5) is 0 Å². The van der Waals surface area contributed by atoms with E-state index in [2.05, 4.69) is 0 Å². The van der Waals surface area contributed by atoms with Gasteiger partial charge in [-0.15, -0.1) is 0 Å².